The Labute approximate surface area is 171 Å². The van der Waals surface area contributed by atoms with E-state index in [4.69, 9.17) is 4.74 Å². The Kier molecular flexibility index (Phi) is 5.27. The van der Waals surface area contributed by atoms with Crippen LogP contribution in [0.3, 0.4) is 0 Å². The van der Waals surface area contributed by atoms with E-state index in [9.17, 15) is 8.42 Å². The van der Waals surface area contributed by atoms with Gasteiger partial charge >= 0.3 is 0 Å². The van der Waals surface area contributed by atoms with Gasteiger partial charge in [-0.05, 0) is 50.8 Å². The van der Waals surface area contributed by atoms with Crippen LogP contribution in [-0.4, -0.2) is 42.1 Å². The molecule has 29 heavy (non-hydrogen) atoms. The molecule has 1 aromatic heterocycles. The summed E-state index contributed by atoms with van der Waals surface area (Å²) in [6.45, 7) is 6.56. The highest BCUT2D eigenvalue weighted by Crippen LogP contribution is 2.29. The Balaban J connectivity index is 1.49. The summed E-state index contributed by atoms with van der Waals surface area (Å²) in [6.07, 6.45) is 2.87. The van der Waals surface area contributed by atoms with Crippen molar-refractivity contribution in [1.29, 1.82) is 0 Å². The maximum Gasteiger partial charge on any atom is 0.243 e. The predicted octanol–water partition coefficient (Wildman–Crippen LogP) is 3.79. The van der Waals surface area contributed by atoms with Gasteiger partial charge in [0.1, 0.15) is 6.10 Å². The van der Waals surface area contributed by atoms with Crippen LogP contribution in [0.2, 0.25) is 0 Å². The highest BCUT2D eigenvalue weighted by Gasteiger charge is 2.32. The molecule has 0 N–H and O–H groups in total. The third-order valence-corrected chi connectivity index (χ3v) is 7.62. The van der Waals surface area contributed by atoms with Crippen molar-refractivity contribution < 1.29 is 13.2 Å². The summed E-state index contributed by atoms with van der Waals surface area (Å²) in [5.41, 5.74) is 2.67. The maximum atomic E-state index is 13.2. The second-order valence-corrected chi connectivity index (χ2v) is 9.56. The van der Waals surface area contributed by atoms with Crippen molar-refractivity contribution in [2.45, 2.75) is 44.6 Å². The molecule has 0 unspecified atom stereocenters. The highest BCUT2D eigenvalue weighted by atomic mass is 32.2. The fraction of sp³-hybridized carbons (Fsp3) is 0.364. The van der Waals surface area contributed by atoms with E-state index >= 15 is 0 Å². The monoisotopic (exact) mass is 411 g/mol. The fourth-order valence-electron chi connectivity index (χ4n) is 4.14. The molecule has 2 aromatic carbocycles. The normalized spacial score (nSPS) is 16.2. The average molecular weight is 412 g/mol. The van der Waals surface area contributed by atoms with Gasteiger partial charge in [-0.15, -0.1) is 5.10 Å². The van der Waals surface area contributed by atoms with E-state index in [1.54, 1.807) is 10.5 Å². The van der Waals surface area contributed by atoms with Crippen molar-refractivity contribution in [3.05, 3.63) is 59.3 Å². The number of sulfonamides is 1. The molecule has 2 heterocycles. The SMILES string of the molecule is Cc1cc(C)c(S(=O)(=O)N2CCC(Oc3nncc4ccccc34)CC2)c(C)c1. The van der Waals surface area contributed by atoms with E-state index in [1.165, 1.54) is 0 Å². The smallest absolute Gasteiger partial charge is 0.243 e. The number of hydrogen-bond donors (Lipinski definition) is 0. The number of fused-ring (bicyclic) bond motifs is 1. The lowest BCUT2D eigenvalue weighted by Crippen LogP contribution is -2.42. The number of nitrogens with zero attached hydrogens (tertiary/aromatic N) is 3. The van der Waals surface area contributed by atoms with Gasteiger partial charge in [0.25, 0.3) is 0 Å². The second kappa shape index (κ2) is 7.72. The molecule has 1 aliphatic heterocycles. The largest absolute Gasteiger partial charge is 0.473 e. The zero-order chi connectivity index (χ0) is 20.6. The lowest BCUT2D eigenvalue weighted by Gasteiger charge is -2.32. The molecule has 7 heteroatoms. The quantitative estimate of drug-likeness (QED) is 0.653. The zero-order valence-corrected chi connectivity index (χ0v) is 17.7. The molecule has 0 saturated carbocycles. The van der Waals surface area contributed by atoms with Crippen LogP contribution in [0, 0.1) is 20.8 Å². The van der Waals surface area contributed by atoms with Gasteiger partial charge < -0.3 is 4.74 Å². The minimum absolute atomic E-state index is 0.0817. The van der Waals surface area contributed by atoms with Crippen LogP contribution in [-0.2, 0) is 10.0 Å². The summed E-state index contributed by atoms with van der Waals surface area (Å²) in [4.78, 5) is 0.433. The van der Waals surface area contributed by atoms with Crippen molar-refractivity contribution in [3.8, 4) is 5.88 Å². The van der Waals surface area contributed by atoms with E-state index in [0.29, 0.717) is 36.7 Å². The number of ether oxygens (including phenoxy) is 1. The Bertz CT molecular complexity index is 1120. The Morgan fingerprint density at radius 2 is 1.69 bits per heavy atom. The standard InChI is InChI=1S/C22H25N3O3S/c1-15-12-16(2)21(17(3)13-15)29(26,27)25-10-8-19(9-11-25)28-22-20-7-5-4-6-18(20)14-23-24-22/h4-7,12-14,19H,8-11H2,1-3H3. The zero-order valence-electron chi connectivity index (χ0n) is 16.9. The van der Waals surface area contributed by atoms with E-state index in [2.05, 4.69) is 10.2 Å². The lowest BCUT2D eigenvalue weighted by atomic mass is 10.1. The third-order valence-electron chi connectivity index (χ3n) is 5.42. The fourth-order valence-corrected chi connectivity index (χ4v) is 6.02. The van der Waals surface area contributed by atoms with Crippen LogP contribution in [0.4, 0.5) is 0 Å². The Morgan fingerprint density at radius 3 is 2.38 bits per heavy atom. The molecule has 0 atom stereocenters. The van der Waals surface area contributed by atoms with Crippen LogP contribution in [0.1, 0.15) is 29.5 Å². The number of benzene rings is 2. The first-order chi connectivity index (χ1) is 13.9. The number of piperidine rings is 1. The molecule has 6 nitrogen and oxygen atoms in total. The first-order valence-electron chi connectivity index (χ1n) is 9.81. The maximum absolute atomic E-state index is 13.2. The van der Waals surface area contributed by atoms with Crippen LogP contribution in [0.15, 0.2) is 47.5 Å². The Morgan fingerprint density at radius 1 is 1.03 bits per heavy atom. The van der Waals surface area contributed by atoms with Crippen molar-refractivity contribution >= 4 is 20.8 Å². The first kappa shape index (κ1) is 19.8. The van der Waals surface area contributed by atoms with E-state index in [-0.39, 0.29) is 6.10 Å². The third kappa shape index (κ3) is 3.84. The number of aromatic nitrogens is 2. The summed E-state index contributed by atoms with van der Waals surface area (Å²) in [7, 11) is -3.52. The molecule has 0 radical (unpaired) electrons. The Hall–Kier alpha value is -2.51. The van der Waals surface area contributed by atoms with Gasteiger partial charge in [-0.3, -0.25) is 0 Å². The molecule has 0 aliphatic carbocycles. The van der Waals surface area contributed by atoms with Gasteiger partial charge in [-0.2, -0.15) is 9.40 Å². The molecule has 1 aliphatic rings. The van der Waals surface area contributed by atoms with Gasteiger partial charge in [0.15, 0.2) is 0 Å². The number of hydrogen-bond acceptors (Lipinski definition) is 5. The minimum Gasteiger partial charge on any atom is -0.473 e. The molecule has 1 saturated heterocycles. The molecular formula is C22H25N3O3S. The topological polar surface area (TPSA) is 72.4 Å². The molecule has 152 valence electrons. The second-order valence-electron chi connectivity index (χ2n) is 7.69. The summed E-state index contributed by atoms with van der Waals surface area (Å²) >= 11 is 0. The van der Waals surface area contributed by atoms with Crippen LogP contribution in [0.25, 0.3) is 10.8 Å². The van der Waals surface area contributed by atoms with Gasteiger partial charge in [-0.25, -0.2) is 8.42 Å². The lowest BCUT2D eigenvalue weighted by molar-refractivity contribution is 0.130. The first-order valence-corrected chi connectivity index (χ1v) is 11.3. The highest BCUT2D eigenvalue weighted by molar-refractivity contribution is 7.89. The summed E-state index contributed by atoms with van der Waals surface area (Å²) < 4.78 is 34.2. The van der Waals surface area contributed by atoms with Crippen molar-refractivity contribution in [2.75, 3.05) is 13.1 Å². The van der Waals surface area contributed by atoms with Crippen LogP contribution >= 0.6 is 0 Å². The predicted molar refractivity (Wildman–Crippen MR) is 113 cm³/mol. The number of rotatable bonds is 4. The summed E-state index contributed by atoms with van der Waals surface area (Å²) in [5, 5.41) is 10.1. The molecule has 4 rings (SSSR count). The van der Waals surface area contributed by atoms with E-state index < -0.39 is 10.0 Å². The van der Waals surface area contributed by atoms with Crippen molar-refractivity contribution in [1.82, 2.24) is 14.5 Å². The number of aryl methyl sites for hydroxylation is 3. The molecule has 1 fully saturated rings. The van der Waals surface area contributed by atoms with Gasteiger partial charge in [0.2, 0.25) is 15.9 Å². The molecule has 3 aromatic rings. The summed E-state index contributed by atoms with van der Waals surface area (Å²) in [6, 6.07) is 11.7. The van der Waals surface area contributed by atoms with Gasteiger partial charge in [0.05, 0.1) is 11.1 Å². The molecule has 0 spiro atoms. The molecular weight excluding hydrogens is 386 g/mol. The van der Waals surface area contributed by atoms with Crippen molar-refractivity contribution in [3.63, 3.8) is 0 Å². The van der Waals surface area contributed by atoms with Crippen LogP contribution < -0.4 is 4.74 Å². The molecule has 0 bridgehead atoms. The van der Waals surface area contributed by atoms with E-state index in [0.717, 1.165) is 27.5 Å². The van der Waals surface area contributed by atoms with Crippen molar-refractivity contribution in [2.24, 2.45) is 0 Å². The van der Waals surface area contributed by atoms with Gasteiger partial charge in [-0.1, -0.05) is 35.9 Å². The summed E-state index contributed by atoms with van der Waals surface area (Å²) in [5.74, 6) is 0.509. The van der Waals surface area contributed by atoms with E-state index in [1.807, 2.05) is 57.2 Å². The minimum atomic E-state index is -3.52. The molecule has 0 amide bonds. The van der Waals surface area contributed by atoms with Crippen LogP contribution in [0.5, 0.6) is 5.88 Å². The van der Waals surface area contributed by atoms with Gasteiger partial charge in [0, 0.05) is 23.9 Å². The average Bonchev–Trinajstić information content (AvgIpc) is 2.68.